The van der Waals surface area contributed by atoms with Crippen LogP contribution in [0.5, 0.6) is 0 Å². The Hall–Kier alpha value is -3.39. The number of rotatable bonds is 8. The largest absolute Gasteiger partial charge is 0.444 e. The standard InChI is InChI=1S/C26H35N3O5/c1-17-11-12-20(15-19(17)3)23(24(32)28-21-10-8-7-9-18(21)2)29(13-14-30)22(31)16-27-25(33)34-26(4,5)6/h7-12,15,23,30H,13-14,16H2,1-6H3,(H,27,33)(H,28,32). The first-order valence-electron chi connectivity index (χ1n) is 11.2. The van der Waals surface area contributed by atoms with E-state index in [1.807, 2.05) is 51.1 Å². The van der Waals surface area contributed by atoms with E-state index in [4.69, 9.17) is 4.74 Å². The summed E-state index contributed by atoms with van der Waals surface area (Å²) in [6.45, 7) is 10.1. The topological polar surface area (TPSA) is 108 Å². The van der Waals surface area contributed by atoms with Gasteiger partial charge < -0.3 is 25.4 Å². The summed E-state index contributed by atoms with van der Waals surface area (Å²) in [4.78, 5) is 40.0. The van der Waals surface area contributed by atoms with Gasteiger partial charge in [-0.15, -0.1) is 0 Å². The number of ether oxygens (including phenoxy) is 1. The van der Waals surface area contributed by atoms with Gasteiger partial charge in [0.05, 0.1) is 6.61 Å². The first-order valence-corrected chi connectivity index (χ1v) is 11.2. The van der Waals surface area contributed by atoms with Crippen molar-refractivity contribution in [2.75, 3.05) is 25.0 Å². The summed E-state index contributed by atoms with van der Waals surface area (Å²) in [7, 11) is 0. The highest BCUT2D eigenvalue weighted by molar-refractivity contribution is 5.98. The third-order valence-corrected chi connectivity index (χ3v) is 5.25. The number of aliphatic hydroxyl groups is 1. The average molecular weight is 470 g/mol. The van der Waals surface area contributed by atoms with Crippen LogP contribution in [0.25, 0.3) is 0 Å². The van der Waals surface area contributed by atoms with E-state index in [0.717, 1.165) is 16.7 Å². The van der Waals surface area contributed by atoms with Crippen LogP contribution in [0, 0.1) is 20.8 Å². The maximum atomic E-state index is 13.5. The normalized spacial score (nSPS) is 12.0. The van der Waals surface area contributed by atoms with Crippen LogP contribution in [0.2, 0.25) is 0 Å². The van der Waals surface area contributed by atoms with Crippen molar-refractivity contribution >= 4 is 23.6 Å². The molecule has 8 nitrogen and oxygen atoms in total. The summed E-state index contributed by atoms with van der Waals surface area (Å²) in [5, 5.41) is 15.0. The SMILES string of the molecule is Cc1ccc(C(C(=O)Nc2ccccc2C)N(CCO)C(=O)CNC(=O)OC(C)(C)C)cc1C. The zero-order valence-electron chi connectivity index (χ0n) is 20.8. The number of aliphatic hydroxyl groups excluding tert-OH is 1. The van der Waals surface area contributed by atoms with Gasteiger partial charge in [0.15, 0.2) is 0 Å². The molecule has 0 aliphatic rings. The molecule has 2 aromatic rings. The Morgan fingerprint density at radius 1 is 1.00 bits per heavy atom. The Kier molecular flexibility index (Phi) is 9.20. The van der Waals surface area contributed by atoms with Crippen molar-refractivity contribution < 1.29 is 24.2 Å². The van der Waals surface area contributed by atoms with Crippen molar-refractivity contribution in [1.82, 2.24) is 10.2 Å². The van der Waals surface area contributed by atoms with Gasteiger partial charge in [-0.25, -0.2) is 4.79 Å². The van der Waals surface area contributed by atoms with Gasteiger partial charge in [-0.1, -0.05) is 36.4 Å². The number of nitrogens with one attached hydrogen (secondary N) is 2. The number of carbonyl (C=O) groups excluding carboxylic acids is 3. The second-order valence-electron chi connectivity index (χ2n) is 9.22. The minimum atomic E-state index is -1.01. The van der Waals surface area contributed by atoms with Crippen LogP contribution < -0.4 is 10.6 Å². The maximum absolute atomic E-state index is 13.5. The van der Waals surface area contributed by atoms with E-state index in [1.165, 1.54) is 4.90 Å². The van der Waals surface area contributed by atoms with Gasteiger partial charge in [0.1, 0.15) is 18.2 Å². The zero-order valence-corrected chi connectivity index (χ0v) is 20.8. The molecule has 0 heterocycles. The summed E-state index contributed by atoms with van der Waals surface area (Å²) in [6, 6.07) is 11.9. The third kappa shape index (κ3) is 7.59. The molecule has 3 N–H and O–H groups in total. The lowest BCUT2D eigenvalue weighted by Crippen LogP contribution is -2.47. The molecule has 0 aromatic heterocycles. The number of aryl methyl sites for hydroxylation is 3. The molecule has 0 bridgehead atoms. The number of alkyl carbamates (subject to hydrolysis) is 1. The van der Waals surface area contributed by atoms with Crippen molar-refractivity contribution in [3.8, 4) is 0 Å². The highest BCUT2D eigenvalue weighted by Crippen LogP contribution is 2.26. The summed E-state index contributed by atoms with van der Waals surface area (Å²) in [5.41, 5.74) is 3.41. The molecule has 2 aromatic carbocycles. The van der Waals surface area contributed by atoms with E-state index in [9.17, 15) is 19.5 Å². The Morgan fingerprint density at radius 3 is 2.26 bits per heavy atom. The van der Waals surface area contributed by atoms with E-state index in [1.54, 1.807) is 32.9 Å². The number of carbonyl (C=O) groups is 3. The second kappa shape index (κ2) is 11.7. The van der Waals surface area contributed by atoms with Crippen molar-refractivity contribution in [1.29, 1.82) is 0 Å². The number of anilines is 1. The van der Waals surface area contributed by atoms with E-state index >= 15 is 0 Å². The first-order chi connectivity index (χ1) is 15.9. The zero-order chi connectivity index (χ0) is 25.5. The van der Waals surface area contributed by atoms with Gasteiger partial charge in [0.2, 0.25) is 5.91 Å². The quantitative estimate of drug-likeness (QED) is 0.547. The molecule has 0 saturated heterocycles. The number of hydrogen-bond acceptors (Lipinski definition) is 5. The molecule has 184 valence electrons. The second-order valence-corrected chi connectivity index (χ2v) is 9.22. The smallest absolute Gasteiger partial charge is 0.408 e. The molecule has 0 spiro atoms. The number of amides is 3. The minimum absolute atomic E-state index is 0.0897. The molecule has 34 heavy (non-hydrogen) atoms. The van der Waals surface area contributed by atoms with E-state index in [0.29, 0.717) is 11.3 Å². The molecule has 0 radical (unpaired) electrons. The van der Waals surface area contributed by atoms with Crippen LogP contribution in [0.1, 0.15) is 49.1 Å². The Labute approximate surface area is 201 Å². The Morgan fingerprint density at radius 2 is 1.68 bits per heavy atom. The number of para-hydroxylation sites is 1. The molecule has 8 heteroatoms. The fourth-order valence-corrected chi connectivity index (χ4v) is 3.39. The molecular formula is C26H35N3O5. The van der Waals surface area contributed by atoms with Gasteiger partial charge >= 0.3 is 6.09 Å². The van der Waals surface area contributed by atoms with Crippen LogP contribution in [0.15, 0.2) is 42.5 Å². The number of benzene rings is 2. The van der Waals surface area contributed by atoms with Gasteiger partial charge in [0.25, 0.3) is 5.91 Å². The lowest BCUT2D eigenvalue weighted by atomic mass is 9.98. The van der Waals surface area contributed by atoms with Crippen molar-refractivity contribution in [2.45, 2.75) is 53.2 Å². The summed E-state index contributed by atoms with van der Waals surface area (Å²) < 4.78 is 5.19. The van der Waals surface area contributed by atoms with Crippen LogP contribution in [0.3, 0.4) is 0 Å². The predicted octanol–water partition coefficient (Wildman–Crippen LogP) is 3.64. The molecular weight excluding hydrogens is 434 g/mol. The average Bonchev–Trinajstić information content (AvgIpc) is 2.74. The maximum Gasteiger partial charge on any atom is 0.408 e. The van der Waals surface area contributed by atoms with Gasteiger partial charge in [-0.05, 0) is 69.9 Å². The van der Waals surface area contributed by atoms with Crippen LogP contribution >= 0.6 is 0 Å². The lowest BCUT2D eigenvalue weighted by molar-refractivity contribution is -0.138. The molecule has 3 amide bonds. The van der Waals surface area contributed by atoms with Gasteiger partial charge in [-0.2, -0.15) is 0 Å². The monoisotopic (exact) mass is 469 g/mol. The molecule has 0 aliphatic carbocycles. The highest BCUT2D eigenvalue weighted by Gasteiger charge is 2.32. The van der Waals surface area contributed by atoms with Crippen LogP contribution in [-0.2, 0) is 14.3 Å². The summed E-state index contributed by atoms with van der Waals surface area (Å²) >= 11 is 0. The van der Waals surface area contributed by atoms with Crippen LogP contribution in [-0.4, -0.2) is 53.2 Å². The summed E-state index contributed by atoms with van der Waals surface area (Å²) in [6.07, 6.45) is -0.739. The Balaban J connectivity index is 2.37. The van der Waals surface area contributed by atoms with Crippen molar-refractivity contribution in [2.24, 2.45) is 0 Å². The fraction of sp³-hybridized carbons (Fsp3) is 0.423. The molecule has 0 fully saturated rings. The molecule has 1 atom stereocenters. The lowest BCUT2D eigenvalue weighted by Gasteiger charge is -2.31. The molecule has 1 unspecified atom stereocenters. The van der Waals surface area contributed by atoms with E-state index in [-0.39, 0.29) is 19.7 Å². The number of hydrogen-bond donors (Lipinski definition) is 3. The van der Waals surface area contributed by atoms with Crippen molar-refractivity contribution in [3.05, 3.63) is 64.7 Å². The Bertz CT molecular complexity index is 1030. The van der Waals surface area contributed by atoms with E-state index in [2.05, 4.69) is 10.6 Å². The molecule has 0 aliphatic heterocycles. The highest BCUT2D eigenvalue weighted by atomic mass is 16.6. The minimum Gasteiger partial charge on any atom is -0.444 e. The molecule has 0 saturated carbocycles. The predicted molar refractivity (Wildman–Crippen MR) is 132 cm³/mol. The van der Waals surface area contributed by atoms with E-state index < -0.39 is 29.6 Å². The molecule has 2 rings (SSSR count). The fourth-order valence-electron chi connectivity index (χ4n) is 3.39. The number of nitrogens with zero attached hydrogens (tertiary/aromatic N) is 1. The van der Waals surface area contributed by atoms with Crippen LogP contribution in [0.4, 0.5) is 10.5 Å². The first kappa shape index (κ1) is 26.9. The van der Waals surface area contributed by atoms with Gasteiger partial charge in [0, 0.05) is 12.2 Å². The van der Waals surface area contributed by atoms with Crippen molar-refractivity contribution in [3.63, 3.8) is 0 Å². The summed E-state index contributed by atoms with van der Waals surface area (Å²) in [5.74, 6) is -0.945. The van der Waals surface area contributed by atoms with Gasteiger partial charge in [-0.3, -0.25) is 9.59 Å². The third-order valence-electron chi connectivity index (χ3n) is 5.25.